The van der Waals surface area contributed by atoms with Crippen molar-refractivity contribution >= 4 is 11.9 Å². The van der Waals surface area contributed by atoms with Crippen LogP contribution in [0.15, 0.2) is 54.6 Å². The zero-order valence-corrected chi connectivity index (χ0v) is 15.0. The molecule has 2 aromatic rings. The van der Waals surface area contributed by atoms with Gasteiger partial charge in [-0.15, -0.1) is 0 Å². The first-order valence-corrected chi connectivity index (χ1v) is 8.96. The molecule has 0 aliphatic carbocycles. The van der Waals surface area contributed by atoms with E-state index in [1.807, 2.05) is 54.6 Å². The molecule has 1 heterocycles. The summed E-state index contributed by atoms with van der Waals surface area (Å²) in [5.41, 5.74) is 2.32. The third kappa shape index (κ3) is 4.42. The lowest BCUT2D eigenvalue weighted by Gasteiger charge is -2.13. The van der Waals surface area contributed by atoms with Crippen LogP contribution in [0, 0.1) is 0 Å². The Bertz CT molecular complexity index is 744. The molecule has 1 aliphatic rings. The van der Waals surface area contributed by atoms with E-state index < -0.39 is 6.04 Å². The summed E-state index contributed by atoms with van der Waals surface area (Å²) >= 11 is 0. The second kappa shape index (κ2) is 8.52. The van der Waals surface area contributed by atoms with E-state index in [4.69, 9.17) is 4.74 Å². The average Bonchev–Trinajstić information content (AvgIpc) is 2.94. The van der Waals surface area contributed by atoms with Crippen LogP contribution >= 0.6 is 0 Å². The van der Waals surface area contributed by atoms with Crippen LogP contribution in [-0.4, -0.2) is 36.5 Å². The number of rotatable bonds is 8. The molecule has 3 amide bonds. The van der Waals surface area contributed by atoms with Gasteiger partial charge in [0.25, 0.3) is 5.91 Å². The minimum atomic E-state index is -0.406. The number of carbonyl (C=O) groups is 2. The number of ether oxygens (including phenoxy) is 1. The van der Waals surface area contributed by atoms with Gasteiger partial charge in [-0.2, -0.15) is 0 Å². The molecule has 0 spiro atoms. The fourth-order valence-corrected chi connectivity index (χ4v) is 3.17. The smallest absolute Gasteiger partial charge is 0.324 e. The molecule has 136 valence electrons. The van der Waals surface area contributed by atoms with E-state index >= 15 is 0 Å². The highest BCUT2D eigenvalue weighted by Gasteiger charge is 2.36. The fourth-order valence-electron chi connectivity index (χ4n) is 3.17. The highest BCUT2D eigenvalue weighted by molar-refractivity contribution is 6.04. The number of hydrogen-bond donors (Lipinski definition) is 1. The number of benzene rings is 2. The quantitative estimate of drug-likeness (QED) is 0.743. The Hall–Kier alpha value is -2.82. The largest absolute Gasteiger partial charge is 0.497 e. The van der Waals surface area contributed by atoms with Crippen molar-refractivity contribution in [2.75, 3.05) is 13.7 Å². The molecule has 26 heavy (non-hydrogen) atoms. The molecule has 0 saturated carbocycles. The summed E-state index contributed by atoms with van der Waals surface area (Å²) in [4.78, 5) is 25.9. The van der Waals surface area contributed by atoms with Gasteiger partial charge in [-0.05, 0) is 48.9 Å². The van der Waals surface area contributed by atoms with Crippen molar-refractivity contribution in [3.05, 3.63) is 65.7 Å². The predicted molar refractivity (Wildman–Crippen MR) is 100 cm³/mol. The van der Waals surface area contributed by atoms with Gasteiger partial charge in [0.15, 0.2) is 0 Å². The summed E-state index contributed by atoms with van der Waals surface area (Å²) in [6.45, 7) is 0.420. The van der Waals surface area contributed by atoms with Gasteiger partial charge in [-0.3, -0.25) is 9.69 Å². The molecule has 2 aromatic carbocycles. The van der Waals surface area contributed by atoms with Crippen molar-refractivity contribution in [1.82, 2.24) is 10.2 Å². The van der Waals surface area contributed by atoms with Gasteiger partial charge in [-0.25, -0.2) is 4.79 Å². The Morgan fingerprint density at radius 1 is 0.962 bits per heavy atom. The van der Waals surface area contributed by atoms with E-state index in [9.17, 15) is 9.59 Å². The highest BCUT2D eigenvalue weighted by atomic mass is 16.5. The number of imide groups is 1. The van der Waals surface area contributed by atoms with Crippen LogP contribution in [0.5, 0.6) is 5.75 Å². The zero-order valence-electron chi connectivity index (χ0n) is 15.0. The molecule has 5 nitrogen and oxygen atoms in total. The van der Waals surface area contributed by atoms with Crippen LogP contribution in [0.1, 0.15) is 24.0 Å². The first kappa shape index (κ1) is 18.0. The lowest BCUT2D eigenvalue weighted by atomic mass is 10.0. The Labute approximate surface area is 154 Å². The summed E-state index contributed by atoms with van der Waals surface area (Å²) in [5.74, 6) is 0.724. The van der Waals surface area contributed by atoms with Crippen molar-refractivity contribution in [3.8, 4) is 5.75 Å². The van der Waals surface area contributed by atoms with Crippen LogP contribution in [0.2, 0.25) is 0 Å². The molecule has 1 unspecified atom stereocenters. The number of amides is 3. The maximum absolute atomic E-state index is 12.5. The molecular weight excluding hydrogens is 328 g/mol. The standard InChI is InChI=1S/C21H24N2O3/c1-26-18-12-10-17(11-13-18)8-5-9-19-20(24)23(21(25)22-19)15-14-16-6-3-2-4-7-16/h2-4,6-7,10-13,19H,5,8-9,14-15H2,1H3,(H,22,25). The highest BCUT2D eigenvalue weighted by Crippen LogP contribution is 2.16. The van der Waals surface area contributed by atoms with E-state index in [-0.39, 0.29) is 11.9 Å². The van der Waals surface area contributed by atoms with Crippen molar-refractivity contribution in [3.63, 3.8) is 0 Å². The van der Waals surface area contributed by atoms with E-state index in [0.29, 0.717) is 19.4 Å². The van der Waals surface area contributed by atoms with Gasteiger partial charge in [0.05, 0.1) is 7.11 Å². The molecule has 0 radical (unpaired) electrons. The number of urea groups is 1. The molecule has 3 rings (SSSR count). The minimum absolute atomic E-state index is 0.110. The summed E-state index contributed by atoms with van der Waals surface area (Å²) in [6.07, 6.45) is 3.04. The van der Waals surface area contributed by atoms with E-state index in [0.717, 1.165) is 24.2 Å². The summed E-state index contributed by atoms with van der Waals surface area (Å²) in [6, 6.07) is 17.1. The van der Waals surface area contributed by atoms with Crippen LogP contribution < -0.4 is 10.1 Å². The number of methoxy groups -OCH3 is 1. The third-order valence-electron chi connectivity index (χ3n) is 4.69. The lowest BCUT2D eigenvalue weighted by molar-refractivity contribution is -0.127. The first-order valence-electron chi connectivity index (χ1n) is 8.96. The second-order valence-electron chi connectivity index (χ2n) is 6.47. The van der Waals surface area contributed by atoms with Crippen LogP contribution in [0.4, 0.5) is 4.79 Å². The molecule has 1 fully saturated rings. The monoisotopic (exact) mass is 352 g/mol. The van der Waals surface area contributed by atoms with E-state index in [1.54, 1.807) is 7.11 Å². The molecule has 0 bridgehead atoms. The second-order valence-corrected chi connectivity index (χ2v) is 6.47. The topological polar surface area (TPSA) is 58.6 Å². The Morgan fingerprint density at radius 3 is 2.35 bits per heavy atom. The molecule has 1 aliphatic heterocycles. The van der Waals surface area contributed by atoms with Gasteiger partial charge >= 0.3 is 6.03 Å². The average molecular weight is 352 g/mol. The number of nitrogens with one attached hydrogen (secondary N) is 1. The lowest BCUT2D eigenvalue weighted by Crippen LogP contribution is -2.33. The van der Waals surface area contributed by atoms with Gasteiger partial charge < -0.3 is 10.1 Å². The van der Waals surface area contributed by atoms with Crippen molar-refractivity contribution in [1.29, 1.82) is 0 Å². The molecule has 1 N–H and O–H groups in total. The number of aryl methyl sites for hydroxylation is 1. The Morgan fingerprint density at radius 2 is 1.65 bits per heavy atom. The Balaban J connectivity index is 1.47. The van der Waals surface area contributed by atoms with Crippen LogP contribution in [0.3, 0.4) is 0 Å². The summed E-state index contributed by atoms with van der Waals surface area (Å²) < 4.78 is 5.15. The number of hydrogen-bond acceptors (Lipinski definition) is 3. The van der Waals surface area contributed by atoms with Gasteiger partial charge in [0.2, 0.25) is 0 Å². The molecular formula is C21H24N2O3. The molecule has 1 atom stereocenters. The zero-order chi connectivity index (χ0) is 18.4. The number of nitrogens with zero attached hydrogens (tertiary/aromatic N) is 1. The fraction of sp³-hybridized carbons (Fsp3) is 0.333. The third-order valence-corrected chi connectivity index (χ3v) is 4.69. The van der Waals surface area contributed by atoms with Crippen molar-refractivity contribution in [2.45, 2.75) is 31.7 Å². The summed E-state index contributed by atoms with van der Waals surface area (Å²) in [5, 5.41) is 2.81. The first-order chi connectivity index (χ1) is 12.7. The van der Waals surface area contributed by atoms with Gasteiger partial charge in [0.1, 0.15) is 11.8 Å². The van der Waals surface area contributed by atoms with Gasteiger partial charge in [-0.1, -0.05) is 42.5 Å². The van der Waals surface area contributed by atoms with E-state index in [2.05, 4.69) is 5.32 Å². The van der Waals surface area contributed by atoms with Crippen LogP contribution in [0.25, 0.3) is 0 Å². The maximum atomic E-state index is 12.5. The molecule has 1 saturated heterocycles. The molecule has 5 heteroatoms. The summed E-state index contributed by atoms with van der Waals surface area (Å²) in [7, 11) is 1.65. The van der Waals surface area contributed by atoms with Crippen molar-refractivity contribution < 1.29 is 14.3 Å². The maximum Gasteiger partial charge on any atom is 0.324 e. The van der Waals surface area contributed by atoms with Gasteiger partial charge in [0, 0.05) is 6.54 Å². The predicted octanol–water partition coefficient (Wildman–Crippen LogP) is 3.18. The SMILES string of the molecule is COc1ccc(CCCC2NC(=O)N(CCc3ccccc3)C2=O)cc1. The molecule has 0 aromatic heterocycles. The number of carbonyl (C=O) groups excluding carboxylic acids is 2. The minimum Gasteiger partial charge on any atom is -0.497 e. The van der Waals surface area contributed by atoms with Crippen LogP contribution in [-0.2, 0) is 17.6 Å². The van der Waals surface area contributed by atoms with Crippen molar-refractivity contribution in [2.24, 2.45) is 0 Å². The normalized spacial score (nSPS) is 16.7. The van der Waals surface area contributed by atoms with E-state index in [1.165, 1.54) is 10.5 Å². The Kier molecular flexibility index (Phi) is 5.89.